The Balaban J connectivity index is 1.73. The first kappa shape index (κ1) is 19.4. The number of benzene rings is 2. The molecule has 0 aromatic heterocycles. The predicted octanol–water partition coefficient (Wildman–Crippen LogP) is 1.84. The van der Waals surface area contributed by atoms with E-state index in [2.05, 4.69) is 10.9 Å². The number of hydrazine groups is 1. The fourth-order valence-corrected chi connectivity index (χ4v) is 1.91. The molecule has 140 valence electrons. The Morgan fingerprint density at radius 1 is 1.04 bits per heavy atom. The van der Waals surface area contributed by atoms with Gasteiger partial charge >= 0.3 is 0 Å². The van der Waals surface area contributed by atoms with E-state index < -0.39 is 16.7 Å². The molecule has 2 amide bonds. The van der Waals surface area contributed by atoms with Gasteiger partial charge < -0.3 is 9.47 Å². The highest BCUT2D eigenvalue weighted by Crippen LogP contribution is 2.17. The molecule has 0 aliphatic heterocycles. The van der Waals surface area contributed by atoms with Gasteiger partial charge in [-0.05, 0) is 35.9 Å². The van der Waals surface area contributed by atoms with E-state index in [0.717, 1.165) is 5.56 Å². The summed E-state index contributed by atoms with van der Waals surface area (Å²) in [6.07, 6.45) is 2.84. The third-order valence-electron chi connectivity index (χ3n) is 3.29. The summed E-state index contributed by atoms with van der Waals surface area (Å²) in [5, 5.41) is 10.5. The quantitative estimate of drug-likeness (QED) is 0.435. The van der Waals surface area contributed by atoms with Crippen LogP contribution in [0.5, 0.6) is 11.5 Å². The van der Waals surface area contributed by atoms with E-state index >= 15 is 0 Å². The zero-order valence-corrected chi connectivity index (χ0v) is 14.4. The maximum atomic E-state index is 11.7. The SMILES string of the molecule is COc1ccc(C=CC(=O)NNC(=O)COc2ccc([N+](=O)[O-])cc2)cc1. The van der Waals surface area contributed by atoms with Crippen LogP contribution in [0.2, 0.25) is 0 Å². The zero-order valence-electron chi connectivity index (χ0n) is 14.4. The van der Waals surface area contributed by atoms with Crippen molar-refractivity contribution in [2.45, 2.75) is 0 Å². The average molecular weight is 371 g/mol. The first-order valence-corrected chi connectivity index (χ1v) is 7.76. The lowest BCUT2D eigenvalue weighted by Crippen LogP contribution is -2.43. The fraction of sp³-hybridized carbons (Fsp3) is 0.111. The Labute approximate surface area is 154 Å². The van der Waals surface area contributed by atoms with Crippen molar-refractivity contribution in [3.63, 3.8) is 0 Å². The van der Waals surface area contributed by atoms with E-state index in [1.165, 1.54) is 30.3 Å². The van der Waals surface area contributed by atoms with E-state index in [1.54, 1.807) is 37.5 Å². The molecule has 0 unspecified atom stereocenters. The Morgan fingerprint density at radius 2 is 1.67 bits per heavy atom. The summed E-state index contributed by atoms with van der Waals surface area (Å²) in [7, 11) is 1.56. The third-order valence-corrected chi connectivity index (χ3v) is 3.29. The van der Waals surface area contributed by atoms with Gasteiger partial charge in [0, 0.05) is 18.2 Å². The zero-order chi connectivity index (χ0) is 19.6. The van der Waals surface area contributed by atoms with Crippen LogP contribution in [0, 0.1) is 10.1 Å². The molecule has 2 aromatic carbocycles. The monoisotopic (exact) mass is 371 g/mol. The van der Waals surface area contributed by atoms with E-state index in [-0.39, 0.29) is 12.3 Å². The molecule has 0 radical (unpaired) electrons. The predicted molar refractivity (Wildman–Crippen MR) is 96.9 cm³/mol. The number of hydrogen-bond acceptors (Lipinski definition) is 6. The Bertz CT molecular complexity index is 831. The Morgan fingerprint density at radius 3 is 2.26 bits per heavy atom. The second-order valence-corrected chi connectivity index (χ2v) is 5.18. The molecule has 0 heterocycles. The number of nitro groups is 1. The fourth-order valence-electron chi connectivity index (χ4n) is 1.91. The van der Waals surface area contributed by atoms with Crippen molar-refractivity contribution in [3.05, 3.63) is 70.3 Å². The number of carbonyl (C=O) groups is 2. The summed E-state index contributed by atoms with van der Waals surface area (Å²) >= 11 is 0. The van der Waals surface area contributed by atoms with Gasteiger partial charge in [-0.25, -0.2) is 0 Å². The molecule has 2 aromatic rings. The average Bonchev–Trinajstić information content (AvgIpc) is 2.69. The van der Waals surface area contributed by atoms with Gasteiger partial charge in [0.2, 0.25) is 0 Å². The van der Waals surface area contributed by atoms with Gasteiger partial charge in [-0.15, -0.1) is 0 Å². The lowest BCUT2D eigenvalue weighted by atomic mass is 10.2. The topological polar surface area (TPSA) is 120 Å². The number of nitrogens with zero attached hydrogens (tertiary/aromatic N) is 1. The van der Waals surface area contributed by atoms with Gasteiger partial charge in [-0.2, -0.15) is 0 Å². The molecule has 0 saturated carbocycles. The number of nitro benzene ring substituents is 1. The number of nitrogens with one attached hydrogen (secondary N) is 2. The van der Waals surface area contributed by atoms with Crippen molar-refractivity contribution in [1.29, 1.82) is 0 Å². The molecule has 27 heavy (non-hydrogen) atoms. The van der Waals surface area contributed by atoms with Gasteiger partial charge in [0.25, 0.3) is 17.5 Å². The van der Waals surface area contributed by atoms with Crippen LogP contribution < -0.4 is 20.3 Å². The first-order chi connectivity index (χ1) is 13.0. The summed E-state index contributed by atoms with van der Waals surface area (Å²) in [4.78, 5) is 33.3. The minimum atomic E-state index is -0.584. The molecule has 2 rings (SSSR count). The van der Waals surface area contributed by atoms with Crippen LogP contribution in [0.25, 0.3) is 6.08 Å². The summed E-state index contributed by atoms with van der Waals surface area (Å²) in [6.45, 7) is -0.361. The van der Waals surface area contributed by atoms with Crippen molar-refractivity contribution >= 4 is 23.6 Å². The van der Waals surface area contributed by atoms with Crippen LogP contribution in [-0.2, 0) is 9.59 Å². The van der Waals surface area contributed by atoms with Crippen LogP contribution in [0.3, 0.4) is 0 Å². The summed E-state index contributed by atoms with van der Waals surface area (Å²) in [5.41, 5.74) is 5.12. The van der Waals surface area contributed by atoms with Crippen molar-refractivity contribution in [2.24, 2.45) is 0 Å². The number of methoxy groups -OCH3 is 1. The lowest BCUT2D eigenvalue weighted by molar-refractivity contribution is -0.384. The maximum absolute atomic E-state index is 11.7. The van der Waals surface area contributed by atoms with Crippen LogP contribution in [0.4, 0.5) is 5.69 Å². The van der Waals surface area contributed by atoms with Crippen LogP contribution in [0.15, 0.2) is 54.6 Å². The van der Waals surface area contributed by atoms with Crippen LogP contribution in [-0.4, -0.2) is 30.5 Å². The molecular formula is C18H17N3O6. The summed E-state index contributed by atoms with van der Waals surface area (Å²) in [5.74, 6) is -0.104. The standard InChI is InChI=1S/C18H17N3O6/c1-26-15-7-2-13(3-8-15)4-11-17(22)19-20-18(23)12-27-16-9-5-14(6-10-16)21(24)25/h2-11H,12H2,1H3,(H,19,22)(H,20,23). The molecule has 9 nitrogen and oxygen atoms in total. The molecule has 0 saturated heterocycles. The molecule has 0 bridgehead atoms. The second kappa shape index (κ2) is 9.56. The lowest BCUT2D eigenvalue weighted by Gasteiger charge is -2.07. The minimum Gasteiger partial charge on any atom is -0.497 e. The number of amides is 2. The molecule has 0 spiro atoms. The number of carbonyl (C=O) groups excluding carboxylic acids is 2. The maximum Gasteiger partial charge on any atom is 0.276 e. The van der Waals surface area contributed by atoms with E-state index in [9.17, 15) is 19.7 Å². The smallest absolute Gasteiger partial charge is 0.276 e. The molecule has 0 aliphatic rings. The normalized spacial score (nSPS) is 10.3. The second-order valence-electron chi connectivity index (χ2n) is 5.18. The molecule has 0 atom stereocenters. The molecule has 0 fully saturated rings. The van der Waals surface area contributed by atoms with Crippen molar-refractivity contribution in [2.75, 3.05) is 13.7 Å². The van der Waals surface area contributed by atoms with Gasteiger partial charge in [-0.1, -0.05) is 12.1 Å². The Kier molecular flexibility index (Phi) is 6.89. The number of ether oxygens (including phenoxy) is 2. The highest BCUT2D eigenvalue weighted by Gasteiger charge is 2.07. The van der Waals surface area contributed by atoms with Gasteiger partial charge in [0.05, 0.1) is 12.0 Å². The molecular weight excluding hydrogens is 354 g/mol. The molecule has 2 N–H and O–H groups in total. The highest BCUT2D eigenvalue weighted by atomic mass is 16.6. The van der Waals surface area contributed by atoms with Crippen LogP contribution >= 0.6 is 0 Å². The van der Waals surface area contributed by atoms with Gasteiger partial charge in [0.1, 0.15) is 11.5 Å². The van der Waals surface area contributed by atoms with Crippen molar-refractivity contribution < 1.29 is 24.0 Å². The summed E-state index contributed by atoms with van der Waals surface area (Å²) < 4.78 is 10.2. The van der Waals surface area contributed by atoms with E-state index in [1.807, 2.05) is 0 Å². The van der Waals surface area contributed by atoms with Gasteiger partial charge in [-0.3, -0.25) is 30.6 Å². The highest BCUT2D eigenvalue weighted by molar-refractivity contribution is 5.93. The Hall–Kier alpha value is -3.88. The molecule has 9 heteroatoms. The molecule has 0 aliphatic carbocycles. The largest absolute Gasteiger partial charge is 0.497 e. The number of hydrogen-bond donors (Lipinski definition) is 2. The van der Waals surface area contributed by atoms with Gasteiger partial charge in [0.15, 0.2) is 6.61 Å². The van der Waals surface area contributed by atoms with E-state index in [0.29, 0.717) is 11.5 Å². The first-order valence-electron chi connectivity index (χ1n) is 7.76. The van der Waals surface area contributed by atoms with E-state index in [4.69, 9.17) is 9.47 Å². The number of non-ortho nitro benzene ring substituents is 1. The van der Waals surface area contributed by atoms with Crippen LogP contribution in [0.1, 0.15) is 5.56 Å². The summed E-state index contributed by atoms with van der Waals surface area (Å²) in [6, 6.07) is 12.4. The van der Waals surface area contributed by atoms with Crippen molar-refractivity contribution in [1.82, 2.24) is 10.9 Å². The third kappa shape index (κ3) is 6.50. The minimum absolute atomic E-state index is 0.0808. The number of rotatable bonds is 7. The van der Waals surface area contributed by atoms with Crippen molar-refractivity contribution in [3.8, 4) is 11.5 Å².